The molecule has 2 aromatic heterocycles. The Hall–Kier alpha value is -2.08. The number of benzene rings is 1. The third-order valence-electron chi connectivity index (χ3n) is 3.21. The Balaban J connectivity index is 1.97. The van der Waals surface area contributed by atoms with E-state index in [1.807, 2.05) is 61.6 Å². The summed E-state index contributed by atoms with van der Waals surface area (Å²) in [7, 11) is 0. The molecule has 0 saturated heterocycles. The fourth-order valence-electron chi connectivity index (χ4n) is 2.22. The molecule has 0 bridgehead atoms. The molecule has 0 fully saturated rings. The summed E-state index contributed by atoms with van der Waals surface area (Å²) in [6, 6.07) is 12.0. The summed E-state index contributed by atoms with van der Waals surface area (Å²) in [4.78, 5) is 12.0. The van der Waals surface area contributed by atoms with E-state index in [4.69, 9.17) is 4.74 Å². The number of carbonyl (C=O) groups is 1. The molecule has 114 valence electrons. The molecule has 0 saturated carbocycles. The van der Waals surface area contributed by atoms with Gasteiger partial charge in [0.15, 0.2) is 10.8 Å². The van der Waals surface area contributed by atoms with Gasteiger partial charge in [-0.3, -0.25) is 9.20 Å². The van der Waals surface area contributed by atoms with Gasteiger partial charge in [-0.2, -0.15) is 0 Å². The second-order valence-electron chi connectivity index (χ2n) is 5.31. The van der Waals surface area contributed by atoms with E-state index in [-0.39, 0.29) is 17.3 Å². The van der Waals surface area contributed by atoms with E-state index in [1.54, 1.807) is 0 Å². The maximum Gasteiger partial charge on any atom is 0.319 e. The van der Waals surface area contributed by atoms with E-state index in [0.29, 0.717) is 5.16 Å². The predicted molar refractivity (Wildman–Crippen MR) is 87.0 cm³/mol. The Labute approximate surface area is 132 Å². The Morgan fingerprint density at radius 3 is 2.68 bits per heavy atom. The summed E-state index contributed by atoms with van der Waals surface area (Å²) in [5.41, 5.74) is 1.79. The van der Waals surface area contributed by atoms with E-state index < -0.39 is 0 Å². The number of pyridine rings is 1. The number of aromatic nitrogens is 3. The fourth-order valence-corrected chi connectivity index (χ4v) is 3.08. The zero-order chi connectivity index (χ0) is 15.7. The Kier molecular flexibility index (Phi) is 4.02. The second-order valence-corrected chi connectivity index (χ2v) is 6.62. The van der Waals surface area contributed by atoms with Crippen LogP contribution in [-0.4, -0.2) is 31.9 Å². The van der Waals surface area contributed by atoms with Crippen molar-refractivity contribution in [3.8, 4) is 0 Å². The molecule has 0 amide bonds. The normalized spacial score (nSPS) is 12.9. The standard InChI is InChI=1S/C16H17N3O2S/c1-10(2)21-15(20)11(3)22-16-18-17-14-9-8-12-6-4-5-7-13(12)19(14)16/h4-11H,1-3H3. The van der Waals surface area contributed by atoms with E-state index in [0.717, 1.165) is 16.6 Å². The van der Waals surface area contributed by atoms with Crippen molar-refractivity contribution in [1.82, 2.24) is 14.6 Å². The number of rotatable bonds is 4. The lowest BCUT2D eigenvalue weighted by atomic mass is 10.2. The van der Waals surface area contributed by atoms with Crippen LogP contribution in [0, 0.1) is 0 Å². The highest BCUT2D eigenvalue weighted by Gasteiger charge is 2.20. The highest BCUT2D eigenvalue weighted by atomic mass is 32.2. The number of para-hydroxylation sites is 1. The number of esters is 1. The van der Waals surface area contributed by atoms with Crippen LogP contribution < -0.4 is 0 Å². The molecule has 1 unspecified atom stereocenters. The number of thioether (sulfide) groups is 1. The third-order valence-corrected chi connectivity index (χ3v) is 4.24. The van der Waals surface area contributed by atoms with Gasteiger partial charge in [0, 0.05) is 0 Å². The molecular weight excluding hydrogens is 298 g/mol. The first-order valence-corrected chi connectivity index (χ1v) is 8.04. The molecule has 1 aromatic carbocycles. The number of hydrogen-bond acceptors (Lipinski definition) is 5. The number of carbonyl (C=O) groups excluding carboxylic acids is 1. The average molecular weight is 315 g/mol. The van der Waals surface area contributed by atoms with Gasteiger partial charge in [-0.1, -0.05) is 30.0 Å². The van der Waals surface area contributed by atoms with Crippen molar-refractivity contribution in [2.75, 3.05) is 0 Å². The predicted octanol–water partition coefficient (Wildman–Crippen LogP) is 3.31. The molecule has 3 rings (SSSR count). The maximum atomic E-state index is 12.0. The van der Waals surface area contributed by atoms with Crippen molar-refractivity contribution in [3.05, 3.63) is 36.4 Å². The fraction of sp³-hybridized carbons (Fsp3) is 0.312. The summed E-state index contributed by atoms with van der Waals surface area (Å²) < 4.78 is 7.21. The molecule has 0 spiro atoms. The van der Waals surface area contributed by atoms with Crippen LogP contribution in [0.15, 0.2) is 41.6 Å². The molecule has 0 aliphatic heterocycles. The first-order chi connectivity index (χ1) is 10.6. The van der Waals surface area contributed by atoms with Crippen molar-refractivity contribution >= 4 is 34.3 Å². The van der Waals surface area contributed by atoms with Crippen LogP contribution in [0.25, 0.3) is 16.6 Å². The van der Waals surface area contributed by atoms with Crippen molar-refractivity contribution in [1.29, 1.82) is 0 Å². The number of hydrogen-bond donors (Lipinski definition) is 0. The number of nitrogens with zero attached hydrogens (tertiary/aromatic N) is 3. The van der Waals surface area contributed by atoms with Crippen LogP contribution in [0.5, 0.6) is 0 Å². The van der Waals surface area contributed by atoms with E-state index >= 15 is 0 Å². The summed E-state index contributed by atoms with van der Waals surface area (Å²) >= 11 is 1.36. The highest BCUT2D eigenvalue weighted by molar-refractivity contribution is 8.00. The van der Waals surface area contributed by atoms with Gasteiger partial charge in [0.05, 0.1) is 11.6 Å². The molecule has 3 aromatic rings. The van der Waals surface area contributed by atoms with Crippen molar-refractivity contribution < 1.29 is 9.53 Å². The molecule has 0 aliphatic rings. The summed E-state index contributed by atoms with van der Waals surface area (Å²) in [5.74, 6) is -0.239. The smallest absolute Gasteiger partial charge is 0.319 e. The van der Waals surface area contributed by atoms with E-state index in [2.05, 4.69) is 10.2 Å². The maximum absolute atomic E-state index is 12.0. The number of ether oxygens (including phenoxy) is 1. The highest BCUT2D eigenvalue weighted by Crippen LogP contribution is 2.26. The first-order valence-electron chi connectivity index (χ1n) is 7.16. The third kappa shape index (κ3) is 2.78. The van der Waals surface area contributed by atoms with Crippen molar-refractivity contribution in [2.45, 2.75) is 37.3 Å². The molecule has 0 N–H and O–H groups in total. The van der Waals surface area contributed by atoms with Gasteiger partial charge < -0.3 is 4.74 Å². The van der Waals surface area contributed by atoms with Crippen LogP contribution in [-0.2, 0) is 9.53 Å². The van der Waals surface area contributed by atoms with Gasteiger partial charge in [0.25, 0.3) is 0 Å². The lowest BCUT2D eigenvalue weighted by molar-refractivity contribution is -0.146. The minimum Gasteiger partial charge on any atom is -0.462 e. The van der Waals surface area contributed by atoms with Gasteiger partial charge in [-0.05, 0) is 44.4 Å². The molecule has 2 heterocycles. The monoisotopic (exact) mass is 315 g/mol. The Morgan fingerprint density at radius 1 is 1.14 bits per heavy atom. The zero-order valence-corrected chi connectivity index (χ0v) is 13.5. The molecule has 6 heteroatoms. The molecule has 0 aliphatic carbocycles. The van der Waals surface area contributed by atoms with Crippen LogP contribution in [0.4, 0.5) is 0 Å². The Morgan fingerprint density at radius 2 is 1.91 bits per heavy atom. The Bertz CT molecular complexity index is 828. The van der Waals surface area contributed by atoms with E-state index in [9.17, 15) is 4.79 Å². The van der Waals surface area contributed by atoms with Gasteiger partial charge in [-0.25, -0.2) is 0 Å². The van der Waals surface area contributed by atoms with Gasteiger partial charge >= 0.3 is 5.97 Å². The molecule has 1 atom stereocenters. The zero-order valence-electron chi connectivity index (χ0n) is 12.7. The molecule has 22 heavy (non-hydrogen) atoms. The topological polar surface area (TPSA) is 56.5 Å². The first kappa shape index (κ1) is 14.8. The van der Waals surface area contributed by atoms with Crippen LogP contribution in [0.1, 0.15) is 20.8 Å². The molecule has 5 nitrogen and oxygen atoms in total. The van der Waals surface area contributed by atoms with E-state index in [1.165, 1.54) is 11.8 Å². The van der Waals surface area contributed by atoms with Crippen LogP contribution >= 0.6 is 11.8 Å². The quantitative estimate of drug-likeness (QED) is 0.546. The van der Waals surface area contributed by atoms with Gasteiger partial charge in [0.2, 0.25) is 0 Å². The number of fused-ring (bicyclic) bond motifs is 3. The summed E-state index contributed by atoms with van der Waals surface area (Å²) in [5, 5.41) is 9.86. The second kappa shape index (κ2) is 5.96. The lowest BCUT2D eigenvalue weighted by Gasteiger charge is -2.13. The van der Waals surface area contributed by atoms with Crippen LogP contribution in [0.2, 0.25) is 0 Å². The summed E-state index contributed by atoms with van der Waals surface area (Å²) in [6.45, 7) is 5.51. The minimum absolute atomic E-state index is 0.119. The average Bonchev–Trinajstić information content (AvgIpc) is 2.90. The van der Waals surface area contributed by atoms with Crippen LogP contribution in [0.3, 0.4) is 0 Å². The summed E-state index contributed by atoms with van der Waals surface area (Å²) in [6.07, 6.45) is -0.119. The largest absolute Gasteiger partial charge is 0.462 e. The van der Waals surface area contributed by atoms with Gasteiger partial charge in [-0.15, -0.1) is 10.2 Å². The minimum atomic E-state index is -0.339. The van der Waals surface area contributed by atoms with Gasteiger partial charge in [0.1, 0.15) is 5.25 Å². The van der Waals surface area contributed by atoms with Crippen molar-refractivity contribution in [2.24, 2.45) is 0 Å². The lowest BCUT2D eigenvalue weighted by Crippen LogP contribution is -2.21. The molecule has 0 radical (unpaired) electrons. The van der Waals surface area contributed by atoms with Crippen molar-refractivity contribution in [3.63, 3.8) is 0 Å². The SMILES string of the molecule is CC(C)OC(=O)C(C)Sc1nnc2ccc3ccccc3n12. The molecular formula is C16H17N3O2S.